The van der Waals surface area contributed by atoms with Crippen LogP contribution in [0.25, 0.3) is 0 Å². The summed E-state index contributed by atoms with van der Waals surface area (Å²) >= 11 is 1.88. The number of para-hydroxylation sites is 1. The Labute approximate surface area is 169 Å². The fourth-order valence-corrected chi connectivity index (χ4v) is 3.91. The zero-order valence-electron chi connectivity index (χ0n) is 16.1. The molecule has 0 unspecified atom stereocenters. The van der Waals surface area contributed by atoms with Crippen LogP contribution in [0.15, 0.2) is 52.3 Å². The van der Waals surface area contributed by atoms with Gasteiger partial charge in [0, 0.05) is 36.0 Å². The fraction of sp³-hybridized carbons (Fsp3) is 0.333. The minimum atomic E-state index is -1.31. The van der Waals surface area contributed by atoms with Crippen LogP contribution >= 0.6 is 11.8 Å². The molecule has 0 amide bonds. The molecule has 2 aromatic carbocycles. The second-order valence-corrected chi connectivity index (χ2v) is 7.62. The molecule has 1 aliphatic rings. The van der Waals surface area contributed by atoms with Crippen LogP contribution in [0.4, 0.5) is 5.69 Å². The lowest BCUT2D eigenvalue weighted by Crippen LogP contribution is -2.43. The summed E-state index contributed by atoms with van der Waals surface area (Å²) in [6, 6.07) is 15.5. The predicted molar refractivity (Wildman–Crippen MR) is 111 cm³/mol. The van der Waals surface area contributed by atoms with Gasteiger partial charge in [0.05, 0.1) is 5.69 Å². The first-order valence-corrected chi connectivity index (χ1v) is 9.92. The quantitative estimate of drug-likeness (QED) is 0.660. The number of hydrogen-bond donors (Lipinski definition) is 3. The number of carbonyl (C=O) groups is 2. The molecule has 1 aliphatic heterocycles. The van der Waals surface area contributed by atoms with Crippen LogP contribution in [0, 0.1) is 13.8 Å². The number of rotatable bonds is 5. The summed E-state index contributed by atoms with van der Waals surface area (Å²) < 4.78 is 0. The first-order valence-electron chi connectivity index (χ1n) is 9.10. The molecule has 1 fully saturated rings. The molecular weight excluding hydrogens is 376 g/mol. The summed E-state index contributed by atoms with van der Waals surface area (Å²) in [5, 5.41) is 18.8. The van der Waals surface area contributed by atoms with E-state index in [0.29, 0.717) is 0 Å². The Hall–Kier alpha value is -2.51. The number of hydrogen-bond acceptors (Lipinski definition) is 5. The van der Waals surface area contributed by atoms with Crippen LogP contribution in [0.3, 0.4) is 0 Å². The molecule has 0 saturated carbocycles. The highest BCUT2D eigenvalue weighted by molar-refractivity contribution is 7.99. The number of carboxylic acid groups (broad SMARTS) is 2. The highest BCUT2D eigenvalue weighted by atomic mass is 32.2. The SMILES string of the molecule is Cc1ccc(Sc2ccccc2N2CCNCC2)c(C)c1.O=C(O)CC(=O)O. The molecule has 3 N–H and O–H groups in total. The first-order chi connectivity index (χ1) is 13.4. The van der Waals surface area contributed by atoms with E-state index in [-0.39, 0.29) is 0 Å². The molecule has 1 saturated heterocycles. The summed E-state index contributed by atoms with van der Waals surface area (Å²) in [5.74, 6) is -2.62. The van der Waals surface area contributed by atoms with Gasteiger partial charge < -0.3 is 20.4 Å². The monoisotopic (exact) mass is 402 g/mol. The molecule has 0 aliphatic carbocycles. The summed E-state index contributed by atoms with van der Waals surface area (Å²) in [6.45, 7) is 8.67. The largest absolute Gasteiger partial charge is 0.481 e. The Balaban J connectivity index is 0.000000345. The lowest BCUT2D eigenvalue weighted by molar-refractivity contribution is -0.147. The van der Waals surface area contributed by atoms with Crippen molar-refractivity contribution < 1.29 is 19.8 Å². The van der Waals surface area contributed by atoms with E-state index in [1.807, 2.05) is 11.8 Å². The van der Waals surface area contributed by atoms with E-state index in [0.717, 1.165) is 26.2 Å². The maximum absolute atomic E-state index is 9.43. The standard InChI is InChI=1S/C18H22N2S.C3H4O4/c1-14-7-8-17(15(2)13-14)21-18-6-4-3-5-16(18)20-11-9-19-10-12-20;4-2(5)1-3(6)7/h3-8,13,19H,9-12H2,1-2H3;1H2,(H,4,5)(H,6,7). The predicted octanol–water partition coefficient (Wildman–Crippen LogP) is 3.41. The molecule has 0 spiro atoms. The van der Waals surface area contributed by atoms with Crippen molar-refractivity contribution in [3.05, 3.63) is 53.6 Å². The van der Waals surface area contributed by atoms with Gasteiger partial charge in [0.1, 0.15) is 6.42 Å². The Morgan fingerprint density at radius 3 is 2.21 bits per heavy atom. The maximum Gasteiger partial charge on any atom is 0.314 e. The molecule has 7 heteroatoms. The van der Waals surface area contributed by atoms with E-state index < -0.39 is 18.4 Å². The van der Waals surface area contributed by atoms with Gasteiger partial charge >= 0.3 is 11.9 Å². The Kier molecular flexibility index (Phi) is 8.35. The average Bonchev–Trinajstić information content (AvgIpc) is 2.64. The highest BCUT2D eigenvalue weighted by Crippen LogP contribution is 2.37. The zero-order valence-corrected chi connectivity index (χ0v) is 17.0. The van der Waals surface area contributed by atoms with Gasteiger partial charge in [-0.25, -0.2) is 0 Å². The first kappa shape index (κ1) is 21.8. The zero-order chi connectivity index (χ0) is 20.5. The third-order valence-corrected chi connectivity index (χ3v) is 5.42. The third kappa shape index (κ3) is 6.90. The van der Waals surface area contributed by atoms with Gasteiger partial charge in [0.25, 0.3) is 0 Å². The molecule has 1 heterocycles. The average molecular weight is 403 g/mol. The number of nitrogens with zero attached hydrogens (tertiary/aromatic N) is 1. The van der Waals surface area contributed by atoms with Crippen molar-refractivity contribution in [1.29, 1.82) is 0 Å². The van der Waals surface area contributed by atoms with Crippen molar-refractivity contribution in [2.45, 2.75) is 30.1 Å². The second kappa shape index (κ2) is 10.7. The molecule has 6 nitrogen and oxygen atoms in total. The third-order valence-electron chi connectivity index (χ3n) is 4.18. The molecular formula is C21H26N2O4S. The van der Waals surface area contributed by atoms with Gasteiger partial charge in [-0.1, -0.05) is 41.6 Å². The number of piperazine rings is 1. The van der Waals surface area contributed by atoms with Crippen LogP contribution in [0.5, 0.6) is 0 Å². The van der Waals surface area contributed by atoms with E-state index >= 15 is 0 Å². The molecule has 0 bridgehead atoms. The van der Waals surface area contributed by atoms with Crippen LogP contribution in [0.1, 0.15) is 17.5 Å². The molecule has 0 atom stereocenters. The Morgan fingerprint density at radius 2 is 1.64 bits per heavy atom. The van der Waals surface area contributed by atoms with Crippen molar-refractivity contribution in [3.63, 3.8) is 0 Å². The molecule has 3 rings (SSSR count). The van der Waals surface area contributed by atoms with Gasteiger partial charge in [-0.3, -0.25) is 9.59 Å². The van der Waals surface area contributed by atoms with E-state index in [9.17, 15) is 9.59 Å². The van der Waals surface area contributed by atoms with Gasteiger partial charge in [0.15, 0.2) is 0 Å². The van der Waals surface area contributed by atoms with E-state index in [2.05, 4.69) is 66.5 Å². The summed E-state index contributed by atoms with van der Waals surface area (Å²) in [5.41, 5.74) is 4.05. The normalized spacial score (nSPS) is 13.4. The summed E-state index contributed by atoms with van der Waals surface area (Å²) in [6.07, 6.45) is -0.806. The lowest BCUT2D eigenvalue weighted by atomic mass is 10.2. The minimum Gasteiger partial charge on any atom is -0.481 e. The smallest absolute Gasteiger partial charge is 0.314 e. The van der Waals surface area contributed by atoms with Gasteiger partial charge in [0.2, 0.25) is 0 Å². The Bertz CT molecular complexity index is 808. The Morgan fingerprint density at radius 1 is 1.00 bits per heavy atom. The van der Waals surface area contributed by atoms with Crippen molar-refractivity contribution in [3.8, 4) is 0 Å². The van der Waals surface area contributed by atoms with Crippen LogP contribution in [0.2, 0.25) is 0 Å². The lowest BCUT2D eigenvalue weighted by Gasteiger charge is -2.31. The number of aryl methyl sites for hydroxylation is 2. The maximum atomic E-state index is 9.43. The topological polar surface area (TPSA) is 89.9 Å². The van der Waals surface area contributed by atoms with Crippen molar-refractivity contribution in [1.82, 2.24) is 5.32 Å². The molecule has 0 aromatic heterocycles. The molecule has 2 aromatic rings. The number of aliphatic carboxylic acids is 2. The number of benzene rings is 2. The van der Waals surface area contributed by atoms with Crippen molar-refractivity contribution in [2.75, 3.05) is 31.1 Å². The summed E-state index contributed by atoms with van der Waals surface area (Å²) in [7, 11) is 0. The van der Waals surface area contributed by atoms with Crippen molar-refractivity contribution in [2.24, 2.45) is 0 Å². The molecule has 0 radical (unpaired) electrons. The van der Waals surface area contributed by atoms with Crippen LogP contribution in [-0.2, 0) is 9.59 Å². The number of nitrogens with one attached hydrogen (secondary N) is 1. The molecule has 28 heavy (non-hydrogen) atoms. The van der Waals surface area contributed by atoms with Crippen molar-refractivity contribution >= 4 is 29.4 Å². The van der Waals surface area contributed by atoms with Gasteiger partial charge in [-0.15, -0.1) is 0 Å². The van der Waals surface area contributed by atoms with Gasteiger partial charge in [-0.05, 0) is 37.6 Å². The number of carboxylic acids is 2. The van der Waals surface area contributed by atoms with E-state index in [1.54, 1.807) is 0 Å². The van der Waals surface area contributed by atoms with Crippen LogP contribution < -0.4 is 10.2 Å². The number of anilines is 1. The minimum absolute atomic E-state index is 0.806. The molecule has 150 valence electrons. The van der Waals surface area contributed by atoms with Crippen LogP contribution in [-0.4, -0.2) is 48.3 Å². The highest BCUT2D eigenvalue weighted by Gasteiger charge is 2.14. The van der Waals surface area contributed by atoms with E-state index in [4.69, 9.17) is 10.2 Å². The summed E-state index contributed by atoms with van der Waals surface area (Å²) in [4.78, 5) is 24.0. The van der Waals surface area contributed by atoms with E-state index in [1.165, 1.54) is 26.6 Å². The second-order valence-electron chi connectivity index (χ2n) is 6.54. The fourth-order valence-electron chi connectivity index (χ4n) is 2.87. The van der Waals surface area contributed by atoms with Gasteiger partial charge in [-0.2, -0.15) is 0 Å².